The lowest BCUT2D eigenvalue weighted by molar-refractivity contribution is -0.133. The van der Waals surface area contributed by atoms with Gasteiger partial charge in [0.25, 0.3) is 0 Å². The van der Waals surface area contributed by atoms with E-state index in [-0.39, 0.29) is 17.0 Å². The highest BCUT2D eigenvalue weighted by molar-refractivity contribution is 7.12. The van der Waals surface area contributed by atoms with Gasteiger partial charge >= 0.3 is 11.9 Å². The summed E-state index contributed by atoms with van der Waals surface area (Å²) in [4.78, 5) is 24.6. The predicted molar refractivity (Wildman–Crippen MR) is 74.1 cm³/mol. The van der Waals surface area contributed by atoms with Gasteiger partial charge in [0.15, 0.2) is 0 Å². The Morgan fingerprint density at radius 2 is 1.80 bits per heavy atom. The molecule has 0 amide bonds. The van der Waals surface area contributed by atoms with E-state index in [1.165, 1.54) is 11.3 Å². The Morgan fingerprint density at radius 3 is 2.25 bits per heavy atom. The molecule has 5 N–H and O–H groups in total. The average molecular weight is 294 g/mol. The average Bonchev–Trinajstić information content (AvgIpc) is 2.73. The van der Waals surface area contributed by atoms with Crippen LogP contribution in [-0.4, -0.2) is 22.2 Å². The zero-order chi connectivity index (χ0) is 15.0. The lowest BCUT2D eigenvalue weighted by Crippen LogP contribution is -2.34. The first kappa shape index (κ1) is 14.1. The first-order valence-corrected chi connectivity index (χ1v) is 6.65. The fourth-order valence-corrected chi connectivity index (χ4v) is 3.27. The largest absolute Gasteiger partial charge is 0.478 e. The summed E-state index contributed by atoms with van der Waals surface area (Å²) in [5.41, 5.74) is 5.97. The van der Waals surface area contributed by atoms with Crippen molar-refractivity contribution in [2.75, 3.05) is 0 Å². The molecule has 1 aromatic heterocycles. The number of carboxylic acid groups (broad SMARTS) is 2. The van der Waals surface area contributed by atoms with Gasteiger partial charge in [-0.05, 0) is 26.0 Å². The van der Waals surface area contributed by atoms with Crippen molar-refractivity contribution in [3.05, 3.63) is 44.6 Å². The van der Waals surface area contributed by atoms with E-state index in [0.29, 0.717) is 10.6 Å². The fraction of sp³-hybridized carbons (Fsp3) is 0.231. The van der Waals surface area contributed by atoms with Gasteiger partial charge in [0.1, 0.15) is 5.82 Å². The molecule has 1 aliphatic rings. The number of allylic oxidation sites excluding steroid dienone is 1. The number of hydrogen-bond acceptors (Lipinski definition) is 5. The van der Waals surface area contributed by atoms with Crippen molar-refractivity contribution in [1.29, 1.82) is 0 Å². The summed E-state index contributed by atoms with van der Waals surface area (Å²) in [5.74, 6) is -3.25. The third kappa shape index (κ3) is 2.27. The smallest absolute Gasteiger partial charge is 0.336 e. The van der Waals surface area contributed by atoms with E-state index in [9.17, 15) is 19.8 Å². The number of rotatable bonds is 3. The van der Waals surface area contributed by atoms with Crippen molar-refractivity contribution in [3.8, 4) is 0 Å². The Labute approximate surface area is 119 Å². The van der Waals surface area contributed by atoms with E-state index in [1.54, 1.807) is 13.0 Å². The van der Waals surface area contributed by atoms with Crippen LogP contribution in [0.1, 0.15) is 22.6 Å². The predicted octanol–water partition coefficient (Wildman–Crippen LogP) is 1.36. The molecule has 0 bridgehead atoms. The summed E-state index contributed by atoms with van der Waals surface area (Å²) in [6.45, 7) is 3.45. The lowest BCUT2D eigenvalue weighted by Gasteiger charge is -2.27. The number of nitrogens with one attached hydrogen (secondary N) is 1. The van der Waals surface area contributed by atoms with E-state index >= 15 is 0 Å². The van der Waals surface area contributed by atoms with Crippen molar-refractivity contribution < 1.29 is 19.8 Å². The second-order valence-corrected chi connectivity index (χ2v) is 5.80. The molecule has 6 nitrogen and oxygen atoms in total. The minimum Gasteiger partial charge on any atom is -0.478 e. The first-order valence-electron chi connectivity index (χ1n) is 5.83. The van der Waals surface area contributed by atoms with Crippen LogP contribution in [0.5, 0.6) is 0 Å². The molecule has 1 aromatic rings. The number of hydrogen-bond donors (Lipinski definition) is 4. The van der Waals surface area contributed by atoms with Crippen LogP contribution in [0.2, 0.25) is 0 Å². The molecule has 0 radical (unpaired) electrons. The van der Waals surface area contributed by atoms with Gasteiger partial charge in [0.05, 0.1) is 17.1 Å². The molecule has 1 aliphatic heterocycles. The van der Waals surface area contributed by atoms with Crippen molar-refractivity contribution in [3.63, 3.8) is 0 Å². The van der Waals surface area contributed by atoms with Crippen LogP contribution in [0.3, 0.4) is 0 Å². The van der Waals surface area contributed by atoms with Crippen LogP contribution in [0.4, 0.5) is 0 Å². The van der Waals surface area contributed by atoms with Gasteiger partial charge in [-0.3, -0.25) is 0 Å². The van der Waals surface area contributed by atoms with Gasteiger partial charge in [-0.1, -0.05) is 0 Å². The van der Waals surface area contributed by atoms with Crippen LogP contribution < -0.4 is 11.1 Å². The number of nitrogens with two attached hydrogens (primary N) is 1. The molecule has 7 heteroatoms. The number of aliphatic carboxylic acids is 2. The molecule has 0 aromatic carbocycles. The molecular formula is C13H14N2O4S. The van der Waals surface area contributed by atoms with Crippen molar-refractivity contribution in [2.45, 2.75) is 19.8 Å². The number of carboxylic acids is 2. The Kier molecular flexibility index (Phi) is 3.54. The maximum Gasteiger partial charge on any atom is 0.336 e. The normalized spacial score (nSPS) is 19.0. The van der Waals surface area contributed by atoms with E-state index in [4.69, 9.17) is 5.73 Å². The molecule has 0 saturated carbocycles. The van der Waals surface area contributed by atoms with Gasteiger partial charge in [0.2, 0.25) is 0 Å². The minimum absolute atomic E-state index is 0.0125. The number of aryl methyl sites for hydroxylation is 1. The van der Waals surface area contributed by atoms with E-state index < -0.39 is 17.9 Å². The summed E-state index contributed by atoms with van der Waals surface area (Å²) < 4.78 is 0. The van der Waals surface area contributed by atoms with Crippen molar-refractivity contribution in [1.82, 2.24) is 5.32 Å². The second kappa shape index (κ2) is 5.01. The fourth-order valence-electron chi connectivity index (χ4n) is 2.27. The highest BCUT2D eigenvalue weighted by Crippen LogP contribution is 2.40. The minimum atomic E-state index is -1.22. The summed E-state index contributed by atoms with van der Waals surface area (Å²) in [6.07, 6.45) is 0. The van der Waals surface area contributed by atoms with Gasteiger partial charge in [-0.2, -0.15) is 0 Å². The molecular weight excluding hydrogens is 280 g/mol. The number of dihydropyridines is 1. The van der Waals surface area contributed by atoms with Gasteiger partial charge in [-0.15, -0.1) is 11.3 Å². The monoisotopic (exact) mass is 294 g/mol. The molecule has 2 heterocycles. The second-order valence-electron chi connectivity index (χ2n) is 4.48. The zero-order valence-corrected chi connectivity index (χ0v) is 11.7. The third-order valence-electron chi connectivity index (χ3n) is 3.10. The highest BCUT2D eigenvalue weighted by Gasteiger charge is 2.37. The van der Waals surface area contributed by atoms with Crippen molar-refractivity contribution >= 4 is 23.3 Å². The van der Waals surface area contributed by atoms with Crippen LogP contribution in [0, 0.1) is 6.92 Å². The molecule has 20 heavy (non-hydrogen) atoms. The van der Waals surface area contributed by atoms with E-state index in [2.05, 4.69) is 5.32 Å². The van der Waals surface area contributed by atoms with Crippen LogP contribution >= 0.6 is 11.3 Å². The van der Waals surface area contributed by atoms with E-state index in [0.717, 1.165) is 4.88 Å². The molecule has 2 rings (SSSR count). The summed E-state index contributed by atoms with van der Waals surface area (Å²) in [7, 11) is 0. The maximum atomic E-state index is 11.5. The molecule has 0 fully saturated rings. The maximum absolute atomic E-state index is 11.5. The standard InChI is InChI=1S/C13H14N2O4S/c1-5-3-4-7(20-5)9-8(12(16)17)6(2)15-11(14)10(9)13(18)19/h3-4,9,15H,14H2,1-2H3,(H,16,17)(H,18,19)/t9-/m1/s1. The summed E-state index contributed by atoms with van der Waals surface area (Å²) in [6, 6.07) is 3.56. The van der Waals surface area contributed by atoms with E-state index in [1.807, 2.05) is 13.0 Å². The van der Waals surface area contributed by atoms with Gasteiger partial charge < -0.3 is 21.3 Å². The SMILES string of the molecule is CC1=C(C(=O)O)[C@@H](c2ccc(C)s2)C(C(=O)O)=C(N)N1. The molecule has 0 spiro atoms. The Morgan fingerprint density at radius 1 is 1.20 bits per heavy atom. The number of carbonyl (C=O) groups is 2. The number of thiophene rings is 1. The molecule has 0 saturated heterocycles. The molecule has 1 atom stereocenters. The Balaban J connectivity index is 2.67. The third-order valence-corrected chi connectivity index (χ3v) is 4.17. The first-order chi connectivity index (χ1) is 9.32. The molecule has 0 aliphatic carbocycles. The highest BCUT2D eigenvalue weighted by atomic mass is 32.1. The van der Waals surface area contributed by atoms with Gasteiger partial charge in [-0.25, -0.2) is 9.59 Å². The Bertz CT molecular complexity index is 621. The van der Waals surface area contributed by atoms with Crippen LogP contribution in [0.25, 0.3) is 0 Å². The molecule has 0 unspecified atom stereocenters. The lowest BCUT2D eigenvalue weighted by atomic mass is 9.85. The van der Waals surface area contributed by atoms with Crippen LogP contribution in [0.15, 0.2) is 34.8 Å². The summed E-state index contributed by atoms with van der Waals surface area (Å²) in [5, 5.41) is 21.4. The van der Waals surface area contributed by atoms with Crippen LogP contribution in [-0.2, 0) is 9.59 Å². The summed E-state index contributed by atoms with van der Waals surface area (Å²) >= 11 is 1.36. The molecule has 106 valence electrons. The zero-order valence-electron chi connectivity index (χ0n) is 10.9. The van der Waals surface area contributed by atoms with Gasteiger partial charge in [0, 0.05) is 15.5 Å². The van der Waals surface area contributed by atoms with Crippen molar-refractivity contribution in [2.24, 2.45) is 5.73 Å². The Hall–Kier alpha value is -2.28. The topological polar surface area (TPSA) is 113 Å². The quantitative estimate of drug-likeness (QED) is 0.669.